The SMILES string of the molecule is COc1c(C(C)(C)C)cc(C)cc1C(C)(C)C1=[C-]C=CC1.[CH2-][Si](C)(C)C.[CH2-][Si](C)(C)C.[Y+3]. The monoisotopic (exact) mass is 546 g/mol. The van der Waals surface area contributed by atoms with Crippen molar-refractivity contribution in [1.29, 1.82) is 0 Å². The molecule has 0 heterocycles. The molecule has 0 aliphatic heterocycles. The van der Waals surface area contributed by atoms with Crippen LogP contribution in [-0.4, -0.2) is 23.3 Å². The van der Waals surface area contributed by atoms with E-state index < -0.39 is 16.1 Å². The predicted molar refractivity (Wildman–Crippen MR) is 147 cm³/mol. The third kappa shape index (κ3) is 13.7. The second-order valence-electron chi connectivity index (χ2n) is 12.6. The summed E-state index contributed by atoms with van der Waals surface area (Å²) >= 11 is 0. The zero-order chi connectivity index (χ0) is 24.8. The molecular weight excluding hydrogens is 497 g/mol. The third-order valence-corrected chi connectivity index (χ3v) is 4.37. The molecule has 0 N–H and O–H groups in total. The normalized spacial score (nSPS) is 13.8. The molecule has 178 valence electrons. The van der Waals surface area contributed by atoms with Crippen LogP contribution in [0.25, 0.3) is 0 Å². The van der Waals surface area contributed by atoms with Crippen LogP contribution in [0.5, 0.6) is 5.75 Å². The van der Waals surface area contributed by atoms with Gasteiger partial charge < -0.3 is 17.8 Å². The molecule has 0 amide bonds. The van der Waals surface area contributed by atoms with Crippen molar-refractivity contribution in [2.45, 2.75) is 98.1 Å². The van der Waals surface area contributed by atoms with Crippen molar-refractivity contribution < 1.29 is 37.4 Å². The van der Waals surface area contributed by atoms with Crippen molar-refractivity contribution in [3.05, 3.63) is 65.7 Å². The predicted octanol–water partition coefficient (Wildman–Crippen LogP) is 8.66. The Balaban J connectivity index is 0. The van der Waals surface area contributed by atoms with E-state index >= 15 is 0 Å². The van der Waals surface area contributed by atoms with Gasteiger partial charge in [-0.3, -0.25) is 6.08 Å². The Morgan fingerprint density at radius 3 is 1.59 bits per heavy atom. The second-order valence-corrected chi connectivity index (χ2v) is 22.9. The van der Waals surface area contributed by atoms with E-state index in [-0.39, 0.29) is 43.5 Å². The fourth-order valence-electron chi connectivity index (χ4n) is 3.01. The molecule has 1 aliphatic rings. The molecule has 4 heteroatoms. The number of benzene rings is 1. The van der Waals surface area contributed by atoms with Gasteiger partial charge in [-0.25, -0.2) is 12.2 Å². The van der Waals surface area contributed by atoms with E-state index in [1.165, 1.54) is 22.3 Å². The summed E-state index contributed by atoms with van der Waals surface area (Å²) in [6.45, 7) is 34.5. The minimum Gasteiger partial charge on any atom is -0.496 e. The minimum atomic E-state index is -0.861. The van der Waals surface area contributed by atoms with Gasteiger partial charge in [-0.1, -0.05) is 98.0 Å². The van der Waals surface area contributed by atoms with Crippen LogP contribution in [0.2, 0.25) is 39.3 Å². The van der Waals surface area contributed by atoms with Crippen molar-refractivity contribution >= 4 is 16.1 Å². The summed E-state index contributed by atoms with van der Waals surface area (Å²) in [5, 5.41) is 0. The number of ether oxygens (including phenoxy) is 1. The first-order chi connectivity index (χ1) is 13.7. The Bertz CT molecular complexity index is 746. The zero-order valence-electron chi connectivity index (χ0n) is 23.4. The van der Waals surface area contributed by atoms with Crippen molar-refractivity contribution in [3.8, 4) is 5.75 Å². The molecule has 2 rings (SSSR count). The number of hydrogen-bond donors (Lipinski definition) is 0. The maximum absolute atomic E-state index is 5.84. The Morgan fingerprint density at radius 1 is 0.875 bits per heavy atom. The third-order valence-electron chi connectivity index (χ3n) is 4.37. The van der Waals surface area contributed by atoms with Crippen LogP contribution in [0, 0.1) is 26.1 Å². The van der Waals surface area contributed by atoms with Gasteiger partial charge in [0.05, 0.1) is 7.11 Å². The van der Waals surface area contributed by atoms with Gasteiger partial charge >= 0.3 is 32.7 Å². The minimum absolute atomic E-state index is 0. The summed E-state index contributed by atoms with van der Waals surface area (Å²) in [5.74, 6) is 1.03. The Morgan fingerprint density at radius 2 is 1.28 bits per heavy atom. The molecule has 0 saturated heterocycles. The molecule has 0 saturated carbocycles. The molecule has 0 atom stereocenters. The molecule has 0 aromatic heterocycles. The Labute approximate surface area is 228 Å². The van der Waals surface area contributed by atoms with Crippen LogP contribution in [-0.2, 0) is 43.5 Å². The van der Waals surface area contributed by atoms with E-state index in [4.69, 9.17) is 4.74 Å². The maximum Gasteiger partial charge on any atom is 3.00 e. The second kappa shape index (κ2) is 13.2. The summed E-state index contributed by atoms with van der Waals surface area (Å²) in [7, 11) is 0.0600. The summed E-state index contributed by atoms with van der Waals surface area (Å²) in [4.78, 5) is 0. The van der Waals surface area contributed by atoms with Gasteiger partial charge in [0.15, 0.2) is 0 Å². The summed E-state index contributed by atoms with van der Waals surface area (Å²) in [6, 6.07) is 4.52. The molecule has 1 aromatic carbocycles. The number of rotatable bonds is 3. The molecule has 32 heavy (non-hydrogen) atoms. The summed E-state index contributed by atoms with van der Waals surface area (Å²) in [6.07, 6.45) is 8.59. The average molecular weight is 547 g/mol. The van der Waals surface area contributed by atoms with Gasteiger partial charge in [0, 0.05) is 11.1 Å². The van der Waals surface area contributed by atoms with Crippen LogP contribution < -0.4 is 4.74 Å². The zero-order valence-corrected chi connectivity index (χ0v) is 28.3. The van der Waals surface area contributed by atoms with Gasteiger partial charge in [-0.2, -0.15) is 5.57 Å². The first kappa shape index (κ1) is 34.2. The average Bonchev–Trinajstić information content (AvgIpc) is 3.05. The topological polar surface area (TPSA) is 9.23 Å². The van der Waals surface area contributed by atoms with Crippen molar-refractivity contribution in [2.75, 3.05) is 7.11 Å². The van der Waals surface area contributed by atoms with Gasteiger partial charge in [0.25, 0.3) is 0 Å². The van der Waals surface area contributed by atoms with E-state index in [0.717, 1.165) is 12.2 Å². The van der Waals surface area contributed by atoms with Crippen molar-refractivity contribution in [1.82, 2.24) is 0 Å². The van der Waals surface area contributed by atoms with Crippen LogP contribution in [0.1, 0.15) is 57.7 Å². The summed E-state index contributed by atoms with van der Waals surface area (Å²) in [5.41, 5.74) is 5.15. The van der Waals surface area contributed by atoms with E-state index in [1.54, 1.807) is 7.11 Å². The fourth-order valence-corrected chi connectivity index (χ4v) is 3.01. The fraction of sp³-hybridized carbons (Fsp3) is 0.571. The molecule has 0 unspecified atom stereocenters. The number of allylic oxidation sites excluding steroid dienone is 4. The number of methoxy groups -OCH3 is 1. The molecule has 1 nitrogen and oxygen atoms in total. The first-order valence-electron chi connectivity index (χ1n) is 11.4. The van der Waals surface area contributed by atoms with Crippen molar-refractivity contribution in [3.63, 3.8) is 0 Å². The molecule has 0 bridgehead atoms. The first-order valence-corrected chi connectivity index (χ1v) is 18.8. The number of hydrogen-bond acceptors (Lipinski definition) is 1. The van der Waals surface area contributed by atoms with Crippen LogP contribution in [0.3, 0.4) is 0 Å². The van der Waals surface area contributed by atoms with Gasteiger partial charge in [-0.05, 0) is 17.8 Å². The molecule has 1 aliphatic carbocycles. The Hall–Kier alpha value is 0.0377. The molecule has 0 spiro atoms. The smallest absolute Gasteiger partial charge is 0.496 e. The quantitative estimate of drug-likeness (QED) is 0.272. The van der Waals surface area contributed by atoms with Crippen molar-refractivity contribution in [2.24, 2.45) is 0 Å². The summed E-state index contributed by atoms with van der Waals surface area (Å²) < 4.78 is 5.84. The van der Waals surface area contributed by atoms with Crippen LogP contribution >= 0.6 is 0 Å². The largest absolute Gasteiger partial charge is 3.00 e. The van der Waals surface area contributed by atoms with E-state index in [0.29, 0.717) is 0 Å². The molecule has 0 radical (unpaired) electrons. The van der Waals surface area contributed by atoms with Gasteiger partial charge in [0.2, 0.25) is 0 Å². The Kier molecular flexibility index (Phi) is 14.1. The van der Waals surface area contributed by atoms with Gasteiger partial charge in [-0.15, -0.1) is 16.1 Å². The molecule has 1 aromatic rings. The molecular formula is C28H49OSi2Y. The van der Waals surface area contributed by atoms with Crippen LogP contribution in [0.4, 0.5) is 0 Å². The van der Waals surface area contributed by atoms with E-state index in [2.05, 4.69) is 118 Å². The van der Waals surface area contributed by atoms with E-state index in [1.807, 2.05) is 6.08 Å². The number of aryl methyl sites for hydroxylation is 1. The molecule has 0 fully saturated rings. The van der Waals surface area contributed by atoms with E-state index in [9.17, 15) is 0 Å². The van der Waals surface area contributed by atoms with Crippen LogP contribution in [0.15, 0.2) is 29.9 Å². The van der Waals surface area contributed by atoms with Gasteiger partial charge in [0.1, 0.15) is 5.75 Å². The standard InChI is InChI=1S/C20H27O.2C4H11Si.Y/c1-14-12-16(19(2,3)4)18(21-7)17(13-14)20(5,6)15-10-8-9-11-15;2*1-5(2,3)4;/h8-9,12-13H,10H2,1-7H3;2*1H2,2-4H3;/q3*-1;+3. The maximum atomic E-state index is 5.84.